The number of carbonyl (C=O) groups excluding carboxylic acids is 3. The maximum absolute atomic E-state index is 12.1. The van der Waals surface area contributed by atoms with E-state index in [1.54, 1.807) is 6.07 Å². The molecule has 1 aromatic carbocycles. The quantitative estimate of drug-likeness (QED) is 0.728. The number of nitrogens with one attached hydrogen (secondary N) is 1. The van der Waals surface area contributed by atoms with Gasteiger partial charge in [-0.05, 0) is 18.2 Å². The lowest BCUT2D eigenvalue weighted by Crippen LogP contribution is -2.53. The molecule has 1 aromatic rings. The Labute approximate surface area is 111 Å². The lowest BCUT2D eigenvalue weighted by molar-refractivity contribution is -0.135. The molecule has 0 radical (unpaired) electrons. The smallest absolute Gasteiger partial charge is 0.258 e. The first kappa shape index (κ1) is 12.6. The fourth-order valence-corrected chi connectivity index (χ4v) is 1.99. The minimum absolute atomic E-state index is 0.0480. The summed E-state index contributed by atoms with van der Waals surface area (Å²) in [6, 6.07) is 4.39. The Kier molecular flexibility index (Phi) is 3.33. The van der Waals surface area contributed by atoms with Crippen LogP contribution in [-0.4, -0.2) is 40.8 Å². The van der Waals surface area contributed by atoms with E-state index in [4.69, 9.17) is 0 Å². The van der Waals surface area contributed by atoms with Crippen LogP contribution in [0.5, 0.6) is 5.75 Å². The van der Waals surface area contributed by atoms with Crippen molar-refractivity contribution in [1.29, 1.82) is 0 Å². The van der Waals surface area contributed by atoms with Crippen LogP contribution in [0, 0.1) is 0 Å². The summed E-state index contributed by atoms with van der Waals surface area (Å²) in [5.41, 5.74) is 0.0480. The number of benzene rings is 1. The Balaban J connectivity index is 2.28. The van der Waals surface area contributed by atoms with Crippen LogP contribution < -0.4 is 5.32 Å². The van der Waals surface area contributed by atoms with Gasteiger partial charge >= 0.3 is 0 Å². The van der Waals surface area contributed by atoms with E-state index in [0.29, 0.717) is 4.47 Å². The highest BCUT2D eigenvalue weighted by Crippen LogP contribution is 2.23. The van der Waals surface area contributed by atoms with E-state index in [1.165, 1.54) is 12.1 Å². The Morgan fingerprint density at radius 1 is 1.28 bits per heavy atom. The van der Waals surface area contributed by atoms with Gasteiger partial charge in [-0.1, -0.05) is 15.9 Å². The highest BCUT2D eigenvalue weighted by molar-refractivity contribution is 9.10. The Morgan fingerprint density at radius 2 is 1.89 bits per heavy atom. The average molecular weight is 313 g/mol. The molecular formula is C11H9BrN2O4. The molecule has 1 heterocycles. The Hall–Kier alpha value is -1.89. The summed E-state index contributed by atoms with van der Waals surface area (Å²) in [6.45, 7) is -0.396. The third-order valence-electron chi connectivity index (χ3n) is 2.42. The molecule has 0 spiro atoms. The third kappa shape index (κ3) is 2.51. The van der Waals surface area contributed by atoms with Crippen LogP contribution in [0.4, 0.5) is 0 Å². The van der Waals surface area contributed by atoms with Gasteiger partial charge in [0.1, 0.15) is 18.8 Å². The van der Waals surface area contributed by atoms with Crippen molar-refractivity contribution in [3.63, 3.8) is 0 Å². The molecule has 1 aliphatic heterocycles. The number of halogens is 1. The molecule has 1 fully saturated rings. The molecule has 0 bridgehead atoms. The van der Waals surface area contributed by atoms with E-state index in [9.17, 15) is 19.5 Å². The van der Waals surface area contributed by atoms with Crippen molar-refractivity contribution in [2.75, 3.05) is 13.1 Å². The number of phenols is 1. The maximum atomic E-state index is 12.1. The van der Waals surface area contributed by atoms with Crippen LogP contribution in [0.25, 0.3) is 0 Å². The number of amides is 3. The molecule has 0 unspecified atom stereocenters. The minimum Gasteiger partial charge on any atom is -0.507 e. The van der Waals surface area contributed by atoms with E-state index in [-0.39, 0.29) is 24.4 Å². The highest BCUT2D eigenvalue weighted by Gasteiger charge is 2.28. The number of aromatic hydroxyl groups is 1. The van der Waals surface area contributed by atoms with Gasteiger partial charge < -0.3 is 10.0 Å². The monoisotopic (exact) mass is 312 g/mol. The molecule has 0 aromatic heterocycles. The van der Waals surface area contributed by atoms with Gasteiger partial charge in [-0.15, -0.1) is 0 Å². The van der Waals surface area contributed by atoms with Crippen LogP contribution in [0.15, 0.2) is 22.7 Å². The molecule has 0 saturated carbocycles. The molecule has 6 nitrogen and oxygen atoms in total. The fourth-order valence-electron chi connectivity index (χ4n) is 1.63. The second-order valence-electron chi connectivity index (χ2n) is 3.79. The largest absolute Gasteiger partial charge is 0.507 e. The van der Waals surface area contributed by atoms with Crippen LogP contribution in [0.3, 0.4) is 0 Å². The molecule has 94 valence electrons. The molecule has 2 N–H and O–H groups in total. The number of carbonyl (C=O) groups is 3. The SMILES string of the molecule is O=C1CN(C(=O)c2cc(Br)ccc2O)CC(=O)N1. The molecule has 0 aliphatic carbocycles. The minimum atomic E-state index is -0.558. The van der Waals surface area contributed by atoms with Crippen molar-refractivity contribution in [3.05, 3.63) is 28.2 Å². The second kappa shape index (κ2) is 4.77. The van der Waals surface area contributed by atoms with Gasteiger partial charge in [-0.3, -0.25) is 19.7 Å². The van der Waals surface area contributed by atoms with Crippen molar-refractivity contribution >= 4 is 33.7 Å². The van der Waals surface area contributed by atoms with E-state index >= 15 is 0 Å². The van der Waals surface area contributed by atoms with E-state index in [0.717, 1.165) is 4.90 Å². The number of piperazine rings is 1. The summed E-state index contributed by atoms with van der Waals surface area (Å²) >= 11 is 3.18. The molecule has 1 saturated heterocycles. The van der Waals surface area contributed by atoms with Gasteiger partial charge in [0.15, 0.2) is 0 Å². The molecule has 1 aliphatic rings. The maximum Gasteiger partial charge on any atom is 0.258 e. The number of nitrogens with zero attached hydrogens (tertiary/aromatic N) is 1. The van der Waals surface area contributed by atoms with E-state index < -0.39 is 17.7 Å². The lowest BCUT2D eigenvalue weighted by Gasteiger charge is -2.25. The summed E-state index contributed by atoms with van der Waals surface area (Å²) in [7, 11) is 0. The normalized spacial score (nSPS) is 15.5. The van der Waals surface area contributed by atoms with Crippen LogP contribution in [0.2, 0.25) is 0 Å². The van der Waals surface area contributed by atoms with Gasteiger partial charge in [0.05, 0.1) is 5.56 Å². The van der Waals surface area contributed by atoms with E-state index in [1.807, 2.05) is 0 Å². The lowest BCUT2D eigenvalue weighted by atomic mass is 10.1. The van der Waals surface area contributed by atoms with Crippen molar-refractivity contribution in [2.24, 2.45) is 0 Å². The fraction of sp³-hybridized carbons (Fsp3) is 0.182. The molecule has 3 amide bonds. The van der Waals surface area contributed by atoms with Crippen LogP contribution >= 0.6 is 15.9 Å². The Morgan fingerprint density at radius 3 is 2.50 bits per heavy atom. The average Bonchev–Trinajstić information content (AvgIpc) is 2.30. The van der Waals surface area contributed by atoms with E-state index in [2.05, 4.69) is 21.2 Å². The van der Waals surface area contributed by atoms with Crippen molar-refractivity contribution in [2.45, 2.75) is 0 Å². The summed E-state index contributed by atoms with van der Waals surface area (Å²) in [6.07, 6.45) is 0. The molecule has 7 heteroatoms. The summed E-state index contributed by atoms with van der Waals surface area (Å²) in [5, 5.41) is 11.7. The number of rotatable bonds is 1. The first-order valence-corrected chi connectivity index (χ1v) is 5.87. The number of phenolic OH excluding ortho intramolecular Hbond substituents is 1. The summed E-state index contributed by atoms with van der Waals surface area (Å²) < 4.78 is 0.622. The first-order valence-electron chi connectivity index (χ1n) is 5.08. The molecule has 0 atom stereocenters. The predicted molar refractivity (Wildman–Crippen MR) is 64.9 cm³/mol. The topological polar surface area (TPSA) is 86.7 Å². The predicted octanol–water partition coefficient (Wildman–Crippen LogP) is 0.253. The molecule has 2 rings (SSSR count). The van der Waals surface area contributed by atoms with Gasteiger partial charge in [-0.2, -0.15) is 0 Å². The zero-order chi connectivity index (χ0) is 13.3. The summed E-state index contributed by atoms with van der Waals surface area (Å²) in [4.78, 5) is 35.5. The Bertz CT molecular complexity index is 528. The second-order valence-corrected chi connectivity index (χ2v) is 4.71. The van der Waals surface area contributed by atoms with Crippen molar-refractivity contribution < 1.29 is 19.5 Å². The van der Waals surface area contributed by atoms with Crippen molar-refractivity contribution in [1.82, 2.24) is 10.2 Å². The van der Waals surface area contributed by atoms with Crippen molar-refractivity contribution in [3.8, 4) is 5.75 Å². The zero-order valence-electron chi connectivity index (χ0n) is 9.14. The van der Waals surface area contributed by atoms with Gasteiger partial charge in [-0.25, -0.2) is 0 Å². The van der Waals surface area contributed by atoms with Gasteiger partial charge in [0.25, 0.3) is 5.91 Å². The van der Waals surface area contributed by atoms with Crippen LogP contribution in [0.1, 0.15) is 10.4 Å². The number of hydrogen-bond donors (Lipinski definition) is 2. The molecular weight excluding hydrogens is 304 g/mol. The number of hydrogen-bond acceptors (Lipinski definition) is 4. The zero-order valence-corrected chi connectivity index (χ0v) is 10.7. The standard InChI is InChI=1S/C11H9BrN2O4/c12-6-1-2-8(15)7(3-6)11(18)14-4-9(16)13-10(17)5-14/h1-3,15H,4-5H2,(H,13,16,17). The highest BCUT2D eigenvalue weighted by atomic mass is 79.9. The summed E-state index contributed by atoms with van der Waals surface area (Å²) in [5.74, 6) is -1.82. The van der Waals surface area contributed by atoms with Gasteiger partial charge in [0, 0.05) is 4.47 Å². The molecule has 18 heavy (non-hydrogen) atoms. The van der Waals surface area contributed by atoms with Crippen LogP contribution in [-0.2, 0) is 9.59 Å². The third-order valence-corrected chi connectivity index (χ3v) is 2.92. The van der Waals surface area contributed by atoms with Gasteiger partial charge in [0.2, 0.25) is 11.8 Å². The number of imide groups is 1. The first-order chi connectivity index (χ1) is 8.47.